The van der Waals surface area contributed by atoms with Gasteiger partial charge in [-0.3, -0.25) is 4.79 Å². The molecule has 1 atom stereocenters. The van der Waals surface area contributed by atoms with Crippen LogP contribution in [0, 0.1) is 0 Å². The molecule has 0 spiro atoms. The number of nitrogens with zero attached hydrogens (tertiary/aromatic N) is 4. The zero-order valence-corrected chi connectivity index (χ0v) is 15.2. The van der Waals surface area contributed by atoms with E-state index in [1.807, 2.05) is 53.4 Å². The smallest absolute Gasteiger partial charge is 0.246 e. The Morgan fingerprint density at radius 1 is 1.19 bits per heavy atom. The molecule has 7 heteroatoms. The first kappa shape index (κ1) is 17.5. The Hall–Kier alpha value is -2.93. The van der Waals surface area contributed by atoms with E-state index in [0.29, 0.717) is 19.7 Å². The van der Waals surface area contributed by atoms with Gasteiger partial charge in [-0.05, 0) is 29.8 Å². The summed E-state index contributed by atoms with van der Waals surface area (Å²) in [7, 11) is 1.66. The molecule has 27 heavy (non-hydrogen) atoms. The summed E-state index contributed by atoms with van der Waals surface area (Å²) in [5.41, 5.74) is 2.72. The number of carbonyl (C=O) groups excluding carboxylic acids is 1. The number of benzene rings is 2. The molecule has 0 bridgehead atoms. The van der Waals surface area contributed by atoms with Gasteiger partial charge >= 0.3 is 0 Å². The maximum atomic E-state index is 12.7. The lowest BCUT2D eigenvalue weighted by atomic mass is 10.1. The SMILES string of the molecule is COc1cccc(C[C@@H]2CN(C(=O)Cn3nc4ccccc4n3)CCO2)c1. The van der Waals surface area contributed by atoms with Crippen molar-refractivity contribution in [2.75, 3.05) is 26.8 Å². The molecule has 0 aliphatic carbocycles. The third-order valence-corrected chi connectivity index (χ3v) is 4.69. The first-order chi connectivity index (χ1) is 13.2. The molecule has 0 N–H and O–H groups in total. The Balaban J connectivity index is 1.38. The summed E-state index contributed by atoms with van der Waals surface area (Å²) in [5.74, 6) is 0.835. The number of hydrogen-bond acceptors (Lipinski definition) is 5. The van der Waals surface area contributed by atoms with E-state index < -0.39 is 0 Å². The van der Waals surface area contributed by atoms with Gasteiger partial charge in [0.1, 0.15) is 23.3 Å². The van der Waals surface area contributed by atoms with Crippen LogP contribution in [-0.2, 0) is 22.5 Å². The molecule has 1 aliphatic rings. The quantitative estimate of drug-likeness (QED) is 0.690. The van der Waals surface area contributed by atoms with Gasteiger partial charge in [0.2, 0.25) is 5.91 Å². The molecule has 7 nitrogen and oxygen atoms in total. The van der Waals surface area contributed by atoms with Gasteiger partial charge in [-0.25, -0.2) is 0 Å². The van der Waals surface area contributed by atoms with Crippen molar-refractivity contribution in [3.63, 3.8) is 0 Å². The molecule has 1 amide bonds. The van der Waals surface area contributed by atoms with E-state index in [1.165, 1.54) is 4.80 Å². The van der Waals surface area contributed by atoms with Crippen LogP contribution < -0.4 is 4.74 Å². The fourth-order valence-corrected chi connectivity index (χ4v) is 3.33. The number of amides is 1. The minimum absolute atomic E-state index is 0.00856. The third-order valence-electron chi connectivity index (χ3n) is 4.69. The molecule has 2 aromatic carbocycles. The highest BCUT2D eigenvalue weighted by Gasteiger charge is 2.25. The maximum Gasteiger partial charge on any atom is 0.246 e. The summed E-state index contributed by atoms with van der Waals surface area (Å²) in [5, 5.41) is 8.73. The van der Waals surface area contributed by atoms with Crippen LogP contribution in [0.1, 0.15) is 5.56 Å². The Labute approximate surface area is 157 Å². The Kier molecular flexibility index (Phi) is 5.02. The summed E-state index contributed by atoms with van der Waals surface area (Å²) in [6, 6.07) is 15.5. The Bertz CT molecular complexity index is 907. The van der Waals surface area contributed by atoms with Gasteiger partial charge in [-0.2, -0.15) is 15.0 Å². The van der Waals surface area contributed by atoms with Crippen LogP contribution in [0.15, 0.2) is 48.5 Å². The van der Waals surface area contributed by atoms with E-state index in [-0.39, 0.29) is 18.6 Å². The molecular weight excluding hydrogens is 344 g/mol. The number of hydrogen-bond donors (Lipinski definition) is 0. The van der Waals surface area contributed by atoms with E-state index in [2.05, 4.69) is 10.2 Å². The molecule has 2 heterocycles. The van der Waals surface area contributed by atoms with E-state index in [4.69, 9.17) is 9.47 Å². The van der Waals surface area contributed by atoms with Crippen LogP contribution in [0.25, 0.3) is 11.0 Å². The van der Waals surface area contributed by atoms with Crippen molar-refractivity contribution in [1.29, 1.82) is 0 Å². The topological polar surface area (TPSA) is 69.5 Å². The lowest BCUT2D eigenvalue weighted by Crippen LogP contribution is -2.47. The lowest BCUT2D eigenvalue weighted by molar-refractivity contribution is -0.139. The zero-order valence-electron chi connectivity index (χ0n) is 15.2. The largest absolute Gasteiger partial charge is 0.497 e. The van der Waals surface area contributed by atoms with Gasteiger partial charge < -0.3 is 14.4 Å². The van der Waals surface area contributed by atoms with Gasteiger partial charge in [0.05, 0.1) is 19.8 Å². The summed E-state index contributed by atoms with van der Waals surface area (Å²) < 4.78 is 11.1. The molecule has 1 aromatic heterocycles. The standard InChI is InChI=1S/C20H22N4O3/c1-26-16-6-4-5-15(11-16)12-17-13-23(9-10-27-17)20(25)14-24-21-18-7-2-3-8-19(18)22-24/h2-8,11,17H,9-10,12-14H2,1H3/t17-/m1/s1. The molecule has 0 radical (unpaired) electrons. The number of aromatic nitrogens is 3. The van der Waals surface area contributed by atoms with Crippen molar-refractivity contribution in [3.05, 3.63) is 54.1 Å². The fraction of sp³-hybridized carbons (Fsp3) is 0.350. The van der Waals surface area contributed by atoms with Gasteiger partial charge in [-0.15, -0.1) is 0 Å². The number of rotatable bonds is 5. The first-order valence-electron chi connectivity index (χ1n) is 9.03. The fourth-order valence-electron chi connectivity index (χ4n) is 3.33. The second kappa shape index (κ2) is 7.75. The highest BCUT2D eigenvalue weighted by Crippen LogP contribution is 2.17. The van der Waals surface area contributed by atoms with Crippen molar-refractivity contribution in [2.45, 2.75) is 19.1 Å². The van der Waals surface area contributed by atoms with Crippen molar-refractivity contribution < 1.29 is 14.3 Å². The summed E-state index contributed by atoms with van der Waals surface area (Å²) >= 11 is 0. The highest BCUT2D eigenvalue weighted by atomic mass is 16.5. The lowest BCUT2D eigenvalue weighted by Gasteiger charge is -2.33. The average molecular weight is 366 g/mol. The minimum atomic E-state index is -0.0283. The van der Waals surface area contributed by atoms with Crippen molar-refractivity contribution in [1.82, 2.24) is 19.9 Å². The molecular formula is C20H22N4O3. The second-order valence-corrected chi connectivity index (χ2v) is 6.61. The van der Waals surface area contributed by atoms with Gasteiger partial charge in [0.15, 0.2) is 0 Å². The number of morpholine rings is 1. The molecule has 0 saturated carbocycles. The molecule has 0 unspecified atom stereocenters. The summed E-state index contributed by atoms with van der Waals surface area (Å²) in [4.78, 5) is 16.0. The van der Waals surface area contributed by atoms with Gasteiger partial charge in [-0.1, -0.05) is 24.3 Å². The van der Waals surface area contributed by atoms with Crippen LogP contribution in [-0.4, -0.2) is 58.7 Å². The van der Waals surface area contributed by atoms with Crippen LogP contribution in [0.5, 0.6) is 5.75 Å². The first-order valence-corrected chi connectivity index (χ1v) is 9.03. The maximum absolute atomic E-state index is 12.7. The van der Waals surface area contributed by atoms with Crippen LogP contribution >= 0.6 is 0 Å². The summed E-state index contributed by atoms with van der Waals surface area (Å²) in [6.45, 7) is 1.83. The van der Waals surface area contributed by atoms with Crippen molar-refractivity contribution in [3.8, 4) is 5.75 Å². The molecule has 4 rings (SSSR count). The normalized spacial score (nSPS) is 17.2. The second-order valence-electron chi connectivity index (χ2n) is 6.61. The predicted octanol–water partition coefficient (Wildman–Crippen LogP) is 1.91. The molecule has 1 saturated heterocycles. The number of methoxy groups -OCH3 is 1. The Morgan fingerprint density at radius 3 is 2.70 bits per heavy atom. The van der Waals surface area contributed by atoms with Gasteiger partial charge in [0, 0.05) is 19.5 Å². The van der Waals surface area contributed by atoms with Crippen LogP contribution in [0.3, 0.4) is 0 Å². The van der Waals surface area contributed by atoms with Crippen LogP contribution in [0.2, 0.25) is 0 Å². The van der Waals surface area contributed by atoms with Crippen molar-refractivity contribution >= 4 is 16.9 Å². The van der Waals surface area contributed by atoms with E-state index in [9.17, 15) is 4.79 Å². The Morgan fingerprint density at radius 2 is 1.96 bits per heavy atom. The van der Waals surface area contributed by atoms with Crippen molar-refractivity contribution in [2.24, 2.45) is 0 Å². The third kappa shape index (κ3) is 4.09. The molecule has 140 valence electrons. The predicted molar refractivity (Wildman–Crippen MR) is 101 cm³/mol. The van der Waals surface area contributed by atoms with E-state index in [1.54, 1.807) is 7.11 Å². The minimum Gasteiger partial charge on any atom is -0.497 e. The average Bonchev–Trinajstić information content (AvgIpc) is 3.10. The van der Waals surface area contributed by atoms with Crippen LogP contribution in [0.4, 0.5) is 0 Å². The number of carbonyl (C=O) groups is 1. The number of fused-ring (bicyclic) bond motifs is 1. The monoisotopic (exact) mass is 366 g/mol. The molecule has 1 aliphatic heterocycles. The van der Waals surface area contributed by atoms with E-state index >= 15 is 0 Å². The molecule has 1 fully saturated rings. The van der Waals surface area contributed by atoms with E-state index in [0.717, 1.165) is 28.8 Å². The summed E-state index contributed by atoms with van der Waals surface area (Å²) in [6.07, 6.45) is 0.713. The highest BCUT2D eigenvalue weighted by molar-refractivity contribution is 5.77. The zero-order chi connectivity index (χ0) is 18.6. The molecule has 3 aromatic rings. The van der Waals surface area contributed by atoms with Gasteiger partial charge in [0.25, 0.3) is 0 Å². The number of ether oxygens (including phenoxy) is 2.